The maximum absolute atomic E-state index is 14.1. The van der Waals surface area contributed by atoms with Crippen LogP contribution in [0.4, 0.5) is 26.3 Å². The van der Waals surface area contributed by atoms with Crippen LogP contribution in [-0.2, 0) is 12.4 Å². The number of ether oxygens (including phenoxy) is 1. The monoisotopic (exact) mass is 471 g/mol. The minimum Gasteiger partial charge on any atom is -0.496 e. The Bertz CT molecular complexity index is 1020. The molecule has 0 N–H and O–H groups in total. The summed E-state index contributed by atoms with van der Waals surface area (Å²) in [6.07, 6.45) is -5.77. The summed E-state index contributed by atoms with van der Waals surface area (Å²) in [6, 6.07) is 7.06. The summed E-state index contributed by atoms with van der Waals surface area (Å²) >= 11 is 0. The Morgan fingerprint density at radius 1 is 0.906 bits per heavy atom. The highest BCUT2D eigenvalue weighted by atomic mass is 28.3. The molecule has 0 fully saturated rings. The number of halogens is 6. The van der Waals surface area contributed by atoms with Gasteiger partial charge in [-0.15, -0.1) is 0 Å². The van der Waals surface area contributed by atoms with Crippen LogP contribution >= 0.6 is 0 Å². The van der Waals surface area contributed by atoms with Crippen LogP contribution in [0.3, 0.4) is 0 Å². The molecule has 0 aromatic heterocycles. The molecular formula is C24H25F6OSi. The Morgan fingerprint density at radius 2 is 1.56 bits per heavy atom. The molecule has 0 heterocycles. The van der Waals surface area contributed by atoms with Gasteiger partial charge < -0.3 is 4.74 Å². The van der Waals surface area contributed by atoms with E-state index in [1.54, 1.807) is 6.07 Å². The van der Waals surface area contributed by atoms with E-state index < -0.39 is 43.6 Å². The Kier molecular flexibility index (Phi) is 6.84. The second-order valence-corrected chi connectivity index (χ2v) is 10.9. The SMILES string of the molecule is CCCCC1=Cc2c(-c3ccc(OC)c(C(F)(F)F)c3C(F)(F)F)cccc2C1[Si](C)C. The van der Waals surface area contributed by atoms with Crippen LogP contribution in [0.2, 0.25) is 13.1 Å². The van der Waals surface area contributed by atoms with E-state index in [0.717, 1.165) is 49.6 Å². The van der Waals surface area contributed by atoms with E-state index in [2.05, 4.69) is 24.8 Å². The smallest absolute Gasteiger partial charge is 0.420 e. The number of unbranched alkanes of at least 4 members (excludes halogenated alkanes) is 1. The molecule has 8 heteroatoms. The maximum atomic E-state index is 14.1. The molecule has 0 spiro atoms. The predicted octanol–water partition coefficient (Wildman–Crippen LogP) is 8.36. The van der Waals surface area contributed by atoms with Gasteiger partial charge in [-0.2, -0.15) is 26.3 Å². The molecule has 0 aliphatic heterocycles. The zero-order valence-corrected chi connectivity index (χ0v) is 19.3. The van der Waals surface area contributed by atoms with Crippen LogP contribution in [-0.4, -0.2) is 15.9 Å². The van der Waals surface area contributed by atoms with Gasteiger partial charge in [0, 0.05) is 0 Å². The minimum absolute atomic E-state index is 0.135. The van der Waals surface area contributed by atoms with Gasteiger partial charge in [-0.05, 0) is 46.7 Å². The molecular weight excluding hydrogens is 446 g/mol. The van der Waals surface area contributed by atoms with E-state index in [1.165, 1.54) is 6.07 Å². The van der Waals surface area contributed by atoms with Crippen LogP contribution in [0.1, 0.15) is 54.0 Å². The van der Waals surface area contributed by atoms with E-state index in [1.807, 2.05) is 12.1 Å². The van der Waals surface area contributed by atoms with E-state index in [4.69, 9.17) is 0 Å². The van der Waals surface area contributed by atoms with Crippen molar-refractivity contribution in [3.8, 4) is 16.9 Å². The fourth-order valence-corrected chi connectivity index (χ4v) is 6.38. The van der Waals surface area contributed by atoms with Crippen molar-refractivity contribution in [1.29, 1.82) is 0 Å². The molecule has 3 rings (SSSR count). The first kappa shape index (κ1) is 24.4. The Hall–Kier alpha value is -2.22. The highest BCUT2D eigenvalue weighted by molar-refractivity contribution is 6.58. The average Bonchev–Trinajstić information content (AvgIpc) is 3.08. The normalized spacial score (nSPS) is 16.3. The molecule has 0 saturated carbocycles. The standard InChI is InChI=1S/C24H25F6OSi/c1-5-6-8-14-13-18-15(9-7-10-17(18)22(14)32(3)4)16-11-12-19(31-2)21(24(28,29)30)20(16)23(25,26)27/h7,9-13,22H,5-6,8H2,1-4H3. The largest absolute Gasteiger partial charge is 0.496 e. The summed E-state index contributed by atoms with van der Waals surface area (Å²) in [5, 5.41) is 0. The first-order chi connectivity index (χ1) is 14.9. The molecule has 2 aromatic carbocycles. The average molecular weight is 472 g/mol. The van der Waals surface area contributed by atoms with E-state index >= 15 is 0 Å². The number of fused-ring (bicyclic) bond motifs is 1. The van der Waals surface area contributed by atoms with Gasteiger partial charge >= 0.3 is 12.4 Å². The summed E-state index contributed by atoms with van der Waals surface area (Å²) in [6.45, 7) is 6.36. The van der Waals surface area contributed by atoms with Gasteiger partial charge in [0.05, 0.1) is 21.5 Å². The Labute approximate surface area is 185 Å². The van der Waals surface area contributed by atoms with Crippen molar-refractivity contribution in [3.05, 3.63) is 58.2 Å². The summed E-state index contributed by atoms with van der Waals surface area (Å²) in [5.74, 6) is -0.842. The number of hydrogen-bond donors (Lipinski definition) is 0. The van der Waals surface area contributed by atoms with Gasteiger partial charge in [0.2, 0.25) is 0 Å². The van der Waals surface area contributed by atoms with E-state index in [-0.39, 0.29) is 11.1 Å². The molecule has 1 aliphatic carbocycles. The first-order valence-electron chi connectivity index (χ1n) is 10.4. The van der Waals surface area contributed by atoms with Crippen LogP contribution in [0, 0.1) is 0 Å². The van der Waals surface area contributed by atoms with Gasteiger partial charge in [-0.25, -0.2) is 0 Å². The number of methoxy groups -OCH3 is 1. The maximum Gasteiger partial charge on any atom is 0.420 e. The molecule has 1 radical (unpaired) electrons. The molecule has 1 atom stereocenters. The fourth-order valence-electron chi connectivity index (χ4n) is 4.53. The van der Waals surface area contributed by atoms with Crippen molar-refractivity contribution in [2.45, 2.75) is 57.2 Å². The number of hydrogen-bond acceptors (Lipinski definition) is 1. The lowest BCUT2D eigenvalue weighted by Crippen LogP contribution is -2.19. The van der Waals surface area contributed by atoms with Crippen molar-refractivity contribution in [2.24, 2.45) is 0 Å². The molecule has 2 aromatic rings. The van der Waals surface area contributed by atoms with Crippen molar-refractivity contribution < 1.29 is 31.1 Å². The van der Waals surface area contributed by atoms with Gasteiger partial charge in [-0.3, -0.25) is 0 Å². The van der Waals surface area contributed by atoms with E-state index in [9.17, 15) is 26.3 Å². The van der Waals surface area contributed by atoms with Crippen LogP contribution in [0.5, 0.6) is 5.75 Å². The van der Waals surface area contributed by atoms with Gasteiger partial charge in [0.25, 0.3) is 0 Å². The third kappa shape index (κ3) is 4.47. The third-order valence-electron chi connectivity index (χ3n) is 5.79. The summed E-state index contributed by atoms with van der Waals surface area (Å²) in [5.41, 5.74) is -1.00. The van der Waals surface area contributed by atoms with Crippen LogP contribution in [0.25, 0.3) is 17.2 Å². The topological polar surface area (TPSA) is 9.23 Å². The summed E-state index contributed by atoms with van der Waals surface area (Å²) in [4.78, 5) is 0. The van der Waals surface area contributed by atoms with Gasteiger partial charge in [0.15, 0.2) is 0 Å². The number of allylic oxidation sites excluding steroid dienone is 1. The zero-order chi connectivity index (χ0) is 23.8. The Balaban J connectivity index is 2.33. The van der Waals surface area contributed by atoms with Crippen LogP contribution in [0.15, 0.2) is 35.9 Å². The molecule has 1 unspecified atom stereocenters. The minimum atomic E-state index is -5.22. The zero-order valence-electron chi connectivity index (χ0n) is 18.3. The fraction of sp³-hybridized carbons (Fsp3) is 0.417. The van der Waals surface area contributed by atoms with Crippen molar-refractivity contribution in [3.63, 3.8) is 0 Å². The molecule has 32 heavy (non-hydrogen) atoms. The summed E-state index contributed by atoms with van der Waals surface area (Å²) in [7, 11) is 0.0642. The number of rotatable bonds is 6. The number of alkyl halides is 6. The molecule has 0 amide bonds. The van der Waals surface area contributed by atoms with Crippen molar-refractivity contribution in [1.82, 2.24) is 0 Å². The molecule has 0 saturated heterocycles. The second-order valence-electron chi connectivity index (χ2n) is 8.20. The van der Waals surface area contributed by atoms with Crippen LogP contribution < -0.4 is 4.74 Å². The highest BCUT2D eigenvalue weighted by Crippen LogP contribution is 2.51. The summed E-state index contributed by atoms with van der Waals surface area (Å²) < 4.78 is 88.2. The van der Waals surface area contributed by atoms with Gasteiger partial charge in [-0.1, -0.05) is 62.4 Å². The molecule has 1 aliphatic rings. The van der Waals surface area contributed by atoms with Gasteiger partial charge in [0.1, 0.15) is 11.3 Å². The lowest BCUT2D eigenvalue weighted by atomic mass is 9.90. The van der Waals surface area contributed by atoms with Crippen molar-refractivity contribution >= 4 is 14.9 Å². The molecule has 0 bridgehead atoms. The van der Waals surface area contributed by atoms with E-state index in [0.29, 0.717) is 5.56 Å². The second kappa shape index (κ2) is 8.96. The predicted molar refractivity (Wildman–Crippen MR) is 116 cm³/mol. The third-order valence-corrected chi connectivity index (χ3v) is 7.63. The quantitative estimate of drug-likeness (QED) is 0.304. The lowest BCUT2D eigenvalue weighted by molar-refractivity contribution is -0.162. The molecule has 173 valence electrons. The lowest BCUT2D eigenvalue weighted by Gasteiger charge is -2.23. The first-order valence-corrected chi connectivity index (χ1v) is 13.0. The van der Waals surface area contributed by atoms with Crippen molar-refractivity contribution in [2.75, 3.05) is 7.11 Å². The highest BCUT2D eigenvalue weighted by Gasteiger charge is 2.48. The Morgan fingerprint density at radius 3 is 2.09 bits per heavy atom. The number of benzene rings is 2. The molecule has 1 nitrogen and oxygen atoms in total.